The van der Waals surface area contributed by atoms with Gasteiger partial charge >= 0.3 is 0 Å². The number of nitrogens with zero attached hydrogens (tertiary/aromatic N) is 3. The van der Waals surface area contributed by atoms with E-state index >= 15 is 0 Å². The van der Waals surface area contributed by atoms with Crippen LogP contribution in [-0.4, -0.2) is 32.1 Å². The molecule has 3 heterocycles. The second-order valence-corrected chi connectivity index (χ2v) is 7.00. The third-order valence-electron chi connectivity index (χ3n) is 5.34. The minimum atomic E-state index is -0.870. The van der Waals surface area contributed by atoms with Gasteiger partial charge in [-0.05, 0) is 44.2 Å². The molecule has 2 saturated heterocycles. The molecule has 2 aromatic rings. The molecular weight excluding hydrogens is 286 g/mol. The summed E-state index contributed by atoms with van der Waals surface area (Å²) in [6.07, 6.45) is 5.55. The van der Waals surface area contributed by atoms with Crippen LogP contribution in [0.1, 0.15) is 42.8 Å². The monoisotopic (exact) mass is 309 g/mol. The van der Waals surface area contributed by atoms with Crippen LogP contribution in [0.5, 0.6) is 0 Å². The van der Waals surface area contributed by atoms with Crippen molar-refractivity contribution in [3.8, 4) is 0 Å². The molecule has 1 aromatic heterocycles. The number of hydrogen-bond donors (Lipinski definition) is 1. The Morgan fingerprint density at radius 1 is 1.13 bits per heavy atom. The van der Waals surface area contributed by atoms with E-state index in [4.69, 9.17) is 0 Å². The Bertz CT molecular complexity index is 674. The normalized spacial score (nSPS) is 30.5. The fraction of sp³-hybridized carbons (Fsp3) is 0.474. The van der Waals surface area contributed by atoms with Crippen molar-refractivity contribution in [3.05, 3.63) is 59.7 Å². The van der Waals surface area contributed by atoms with E-state index in [-0.39, 0.29) is 0 Å². The third kappa shape index (κ3) is 2.77. The molecule has 2 fully saturated rings. The lowest BCUT2D eigenvalue weighted by Crippen LogP contribution is -2.49. The van der Waals surface area contributed by atoms with Crippen molar-refractivity contribution in [1.82, 2.24) is 14.9 Å². The predicted molar refractivity (Wildman–Crippen MR) is 88.7 cm³/mol. The lowest BCUT2D eigenvalue weighted by molar-refractivity contribution is -0.0655. The van der Waals surface area contributed by atoms with E-state index in [1.54, 1.807) is 6.20 Å². The number of benzene rings is 1. The van der Waals surface area contributed by atoms with Gasteiger partial charge < -0.3 is 5.11 Å². The van der Waals surface area contributed by atoms with Crippen LogP contribution >= 0.6 is 0 Å². The molecule has 1 N–H and O–H groups in total. The number of rotatable bonds is 3. The summed E-state index contributed by atoms with van der Waals surface area (Å²) in [6, 6.07) is 13.3. The van der Waals surface area contributed by atoms with E-state index in [0.29, 0.717) is 17.9 Å². The molecule has 4 nitrogen and oxygen atoms in total. The summed E-state index contributed by atoms with van der Waals surface area (Å²) in [6.45, 7) is 2.93. The van der Waals surface area contributed by atoms with Crippen molar-refractivity contribution >= 4 is 0 Å². The summed E-state index contributed by atoms with van der Waals surface area (Å²) in [5.41, 5.74) is 1.40. The summed E-state index contributed by atoms with van der Waals surface area (Å²) in [4.78, 5) is 11.4. The highest BCUT2D eigenvalue weighted by atomic mass is 16.3. The molecule has 4 rings (SSSR count). The maximum Gasteiger partial charge on any atom is 0.160 e. The molecule has 2 unspecified atom stereocenters. The Labute approximate surface area is 137 Å². The summed E-state index contributed by atoms with van der Waals surface area (Å²) in [5, 5.41) is 11.2. The second-order valence-electron chi connectivity index (χ2n) is 7.00. The molecule has 0 saturated carbocycles. The van der Waals surface area contributed by atoms with E-state index in [0.717, 1.165) is 37.9 Å². The van der Waals surface area contributed by atoms with Crippen molar-refractivity contribution < 1.29 is 5.11 Å². The number of aryl methyl sites for hydroxylation is 1. The van der Waals surface area contributed by atoms with Crippen LogP contribution in [0.4, 0.5) is 0 Å². The first kappa shape index (κ1) is 14.8. The highest BCUT2D eigenvalue weighted by molar-refractivity contribution is 5.17. The summed E-state index contributed by atoms with van der Waals surface area (Å²) < 4.78 is 0. The van der Waals surface area contributed by atoms with Crippen LogP contribution in [-0.2, 0) is 12.1 Å². The maximum absolute atomic E-state index is 11.2. The molecular formula is C19H23N3O. The lowest BCUT2D eigenvalue weighted by atomic mass is 9.85. The molecule has 0 aliphatic carbocycles. The van der Waals surface area contributed by atoms with Crippen molar-refractivity contribution in [2.75, 3.05) is 0 Å². The largest absolute Gasteiger partial charge is 0.382 e. The molecule has 2 bridgehead atoms. The van der Waals surface area contributed by atoms with Gasteiger partial charge in [-0.15, -0.1) is 0 Å². The first-order valence-corrected chi connectivity index (χ1v) is 8.46. The van der Waals surface area contributed by atoms with Crippen molar-refractivity contribution in [3.63, 3.8) is 0 Å². The van der Waals surface area contributed by atoms with E-state index in [1.165, 1.54) is 5.56 Å². The Kier molecular flexibility index (Phi) is 3.66. The van der Waals surface area contributed by atoms with Gasteiger partial charge in [-0.2, -0.15) is 0 Å². The molecule has 0 spiro atoms. The van der Waals surface area contributed by atoms with Gasteiger partial charge in [-0.3, -0.25) is 4.90 Å². The molecule has 2 atom stereocenters. The van der Waals surface area contributed by atoms with Crippen molar-refractivity contribution in [1.29, 1.82) is 0 Å². The fourth-order valence-corrected chi connectivity index (χ4v) is 4.22. The molecule has 23 heavy (non-hydrogen) atoms. The molecule has 4 heteroatoms. The number of hydrogen-bond acceptors (Lipinski definition) is 4. The van der Waals surface area contributed by atoms with Gasteiger partial charge in [0.15, 0.2) is 5.82 Å². The van der Waals surface area contributed by atoms with Crippen molar-refractivity contribution in [2.24, 2.45) is 0 Å². The molecule has 120 valence electrons. The second kappa shape index (κ2) is 5.69. The highest BCUT2D eigenvalue weighted by Gasteiger charge is 2.49. The van der Waals surface area contributed by atoms with Gasteiger partial charge in [0.05, 0.1) is 0 Å². The standard InChI is InChI=1S/C19H23N3O/c1-14-9-10-20-18(21-14)19(23)11-16-7-8-17(12-19)22(16)13-15-5-3-2-4-6-15/h2-6,9-10,16-17,23H,7-8,11-13H2,1H3. The molecule has 1 aromatic carbocycles. The van der Waals surface area contributed by atoms with Gasteiger partial charge in [-0.1, -0.05) is 30.3 Å². The zero-order valence-corrected chi connectivity index (χ0v) is 13.5. The molecule has 0 radical (unpaired) electrons. The van der Waals surface area contributed by atoms with Gasteiger partial charge in [0, 0.05) is 30.5 Å². The Hall–Kier alpha value is -1.78. The highest BCUT2D eigenvalue weighted by Crippen LogP contribution is 2.45. The van der Waals surface area contributed by atoms with Crippen LogP contribution in [0, 0.1) is 6.92 Å². The third-order valence-corrected chi connectivity index (χ3v) is 5.34. The van der Waals surface area contributed by atoms with E-state index in [1.807, 2.05) is 13.0 Å². The summed E-state index contributed by atoms with van der Waals surface area (Å²) >= 11 is 0. The average molecular weight is 309 g/mol. The summed E-state index contributed by atoms with van der Waals surface area (Å²) in [5.74, 6) is 0.605. The first-order valence-electron chi connectivity index (χ1n) is 8.46. The van der Waals surface area contributed by atoms with Crippen LogP contribution < -0.4 is 0 Å². The van der Waals surface area contributed by atoms with Gasteiger partial charge in [0.25, 0.3) is 0 Å². The fourth-order valence-electron chi connectivity index (χ4n) is 4.22. The van der Waals surface area contributed by atoms with E-state index in [2.05, 4.69) is 45.2 Å². The first-order chi connectivity index (χ1) is 11.1. The van der Waals surface area contributed by atoms with E-state index < -0.39 is 5.60 Å². The zero-order chi connectivity index (χ0) is 15.9. The van der Waals surface area contributed by atoms with Crippen molar-refractivity contribution in [2.45, 2.75) is 56.8 Å². The number of piperidine rings is 1. The number of aromatic nitrogens is 2. The SMILES string of the molecule is Cc1ccnc(C2(O)CC3CCC(C2)N3Cc2ccccc2)n1. The number of aliphatic hydroxyl groups is 1. The topological polar surface area (TPSA) is 49.3 Å². The maximum atomic E-state index is 11.2. The Balaban J connectivity index is 1.55. The smallest absolute Gasteiger partial charge is 0.160 e. The van der Waals surface area contributed by atoms with Gasteiger partial charge in [0.2, 0.25) is 0 Å². The van der Waals surface area contributed by atoms with Gasteiger partial charge in [-0.25, -0.2) is 9.97 Å². The Morgan fingerprint density at radius 3 is 2.48 bits per heavy atom. The average Bonchev–Trinajstić information content (AvgIpc) is 2.80. The van der Waals surface area contributed by atoms with Crippen LogP contribution in [0.2, 0.25) is 0 Å². The lowest BCUT2D eigenvalue weighted by Gasteiger charge is -2.43. The quantitative estimate of drug-likeness (QED) is 0.947. The predicted octanol–water partition coefficient (Wildman–Crippen LogP) is 2.80. The van der Waals surface area contributed by atoms with Gasteiger partial charge in [0.1, 0.15) is 5.60 Å². The number of fused-ring (bicyclic) bond motifs is 2. The Morgan fingerprint density at radius 2 is 1.83 bits per heavy atom. The van der Waals surface area contributed by atoms with E-state index in [9.17, 15) is 5.11 Å². The summed E-state index contributed by atoms with van der Waals surface area (Å²) in [7, 11) is 0. The van der Waals surface area contributed by atoms with Crippen LogP contribution in [0.25, 0.3) is 0 Å². The minimum absolute atomic E-state index is 0.420. The molecule has 2 aliphatic heterocycles. The molecule has 2 aliphatic rings. The molecule has 0 amide bonds. The van der Waals surface area contributed by atoms with Crippen LogP contribution in [0.3, 0.4) is 0 Å². The minimum Gasteiger partial charge on any atom is -0.382 e. The zero-order valence-electron chi connectivity index (χ0n) is 13.5. The van der Waals surface area contributed by atoms with Crippen LogP contribution in [0.15, 0.2) is 42.6 Å².